The lowest BCUT2D eigenvalue weighted by molar-refractivity contribution is 0.570. The first-order chi connectivity index (χ1) is 9.72. The van der Waals surface area contributed by atoms with E-state index in [4.69, 9.17) is 0 Å². The molecule has 2 unspecified atom stereocenters. The molecule has 1 N–H and O–H groups in total. The molecule has 0 amide bonds. The molecule has 0 bridgehead atoms. The second kappa shape index (κ2) is 7.68. The van der Waals surface area contributed by atoms with Gasteiger partial charge in [0.15, 0.2) is 0 Å². The summed E-state index contributed by atoms with van der Waals surface area (Å²) in [7, 11) is 0. The fourth-order valence-electron chi connectivity index (χ4n) is 3.09. The maximum Gasteiger partial charge on any atom is 0.0368 e. The van der Waals surface area contributed by atoms with Crippen molar-refractivity contribution >= 4 is 5.69 Å². The molecule has 0 saturated carbocycles. The summed E-state index contributed by atoms with van der Waals surface area (Å²) in [5.41, 5.74) is 2.79. The SMILES string of the molecule is CCCNC(C)c1ccc(N2CCCCCC2C)cc1. The predicted molar refractivity (Wildman–Crippen MR) is 88.4 cm³/mol. The van der Waals surface area contributed by atoms with Crippen LogP contribution in [0.1, 0.15) is 64.5 Å². The van der Waals surface area contributed by atoms with E-state index in [0.717, 1.165) is 6.54 Å². The lowest BCUT2D eigenvalue weighted by atomic mass is 10.1. The first-order valence-electron chi connectivity index (χ1n) is 8.32. The molecule has 112 valence electrons. The molecule has 1 heterocycles. The molecule has 1 fully saturated rings. The van der Waals surface area contributed by atoms with Crippen LogP contribution >= 0.6 is 0 Å². The Morgan fingerprint density at radius 1 is 1.20 bits per heavy atom. The van der Waals surface area contributed by atoms with E-state index in [2.05, 4.69) is 55.3 Å². The van der Waals surface area contributed by atoms with Gasteiger partial charge in [-0.2, -0.15) is 0 Å². The minimum absolute atomic E-state index is 0.450. The third-order valence-electron chi connectivity index (χ3n) is 4.48. The lowest BCUT2D eigenvalue weighted by Gasteiger charge is -2.29. The Labute approximate surface area is 124 Å². The van der Waals surface area contributed by atoms with E-state index in [1.165, 1.54) is 49.9 Å². The van der Waals surface area contributed by atoms with Gasteiger partial charge in [0, 0.05) is 24.3 Å². The van der Waals surface area contributed by atoms with Gasteiger partial charge in [0.1, 0.15) is 0 Å². The molecule has 20 heavy (non-hydrogen) atoms. The van der Waals surface area contributed by atoms with Gasteiger partial charge in [-0.15, -0.1) is 0 Å². The van der Waals surface area contributed by atoms with E-state index >= 15 is 0 Å². The van der Waals surface area contributed by atoms with Gasteiger partial charge >= 0.3 is 0 Å². The van der Waals surface area contributed by atoms with Gasteiger partial charge in [-0.1, -0.05) is 31.9 Å². The van der Waals surface area contributed by atoms with Crippen molar-refractivity contribution in [1.82, 2.24) is 5.32 Å². The Kier molecular flexibility index (Phi) is 5.90. The summed E-state index contributed by atoms with van der Waals surface area (Å²) in [6.07, 6.45) is 6.62. The largest absolute Gasteiger partial charge is 0.369 e. The Hall–Kier alpha value is -1.02. The average Bonchev–Trinajstić information content (AvgIpc) is 2.69. The van der Waals surface area contributed by atoms with Crippen LogP contribution in [0.15, 0.2) is 24.3 Å². The Balaban J connectivity index is 2.03. The topological polar surface area (TPSA) is 15.3 Å². The highest BCUT2D eigenvalue weighted by Gasteiger charge is 2.17. The zero-order chi connectivity index (χ0) is 14.4. The van der Waals surface area contributed by atoms with Crippen LogP contribution in [0, 0.1) is 0 Å². The highest BCUT2D eigenvalue weighted by Crippen LogP contribution is 2.25. The van der Waals surface area contributed by atoms with Crippen molar-refractivity contribution in [1.29, 1.82) is 0 Å². The van der Waals surface area contributed by atoms with E-state index in [9.17, 15) is 0 Å². The second-order valence-corrected chi connectivity index (χ2v) is 6.16. The number of nitrogens with zero attached hydrogens (tertiary/aromatic N) is 1. The van der Waals surface area contributed by atoms with Crippen LogP contribution in [0.5, 0.6) is 0 Å². The van der Waals surface area contributed by atoms with Crippen molar-refractivity contribution in [2.45, 2.75) is 65.0 Å². The first-order valence-corrected chi connectivity index (χ1v) is 8.32. The maximum absolute atomic E-state index is 3.55. The van der Waals surface area contributed by atoms with Crippen LogP contribution in [0.25, 0.3) is 0 Å². The van der Waals surface area contributed by atoms with E-state index in [1.807, 2.05) is 0 Å². The van der Waals surface area contributed by atoms with Crippen LogP contribution in [0.3, 0.4) is 0 Å². The Bertz CT molecular complexity index is 385. The quantitative estimate of drug-likeness (QED) is 0.849. The van der Waals surface area contributed by atoms with Gasteiger partial charge in [0.2, 0.25) is 0 Å². The molecular weight excluding hydrogens is 244 g/mol. The summed E-state index contributed by atoms with van der Waals surface area (Å²) in [6, 6.07) is 10.3. The summed E-state index contributed by atoms with van der Waals surface area (Å²) in [6.45, 7) is 9.13. The van der Waals surface area contributed by atoms with Gasteiger partial charge in [-0.05, 0) is 57.4 Å². The highest BCUT2D eigenvalue weighted by molar-refractivity contribution is 5.49. The molecule has 2 heteroatoms. The standard InChI is InChI=1S/C18H30N2/c1-4-13-19-16(3)17-9-11-18(12-10-17)20-14-7-5-6-8-15(20)2/h9-12,15-16,19H,4-8,13-14H2,1-3H3. The van der Waals surface area contributed by atoms with Crippen molar-refractivity contribution in [3.05, 3.63) is 29.8 Å². The van der Waals surface area contributed by atoms with Crippen LogP contribution < -0.4 is 10.2 Å². The van der Waals surface area contributed by atoms with Crippen LogP contribution in [0.2, 0.25) is 0 Å². The van der Waals surface area contributed by atoms with Gasteiger partial charge in [-0.25, -0.2) is 0 Å². The molecule has 1 aromatic carbocycles. The molecule has 0 aromatic heterocycles. The average molecular weight is 274 g/mol. The summed E-state index contributed by atoms with van der Waals surface area (Å²) in [5, 5.41) is 3.55. The third kappa shape index (κ3) is 3.99. The summed E-state index contributed by atoms with van der Waals surface area (Å²) in [5.74, 6) is 0. The molecule has 0 aliphatic carbocycles. The fourth-order valence-corrected chi connectivity index (χ4v) is 3.09. The number of benzene rings is 1. The van der Waals surface area contributed by atoms with Crippen molar-refractivity contribution in [2.75, 3.05) is 18.0 Å². The Morgan fingerprint density at radius 2 is 1.95 bits per heavy atom. The van der Waals surface area contributed by atoms with E-state index in [1.54, 1.807) is 0 Å². The zero-order valence-electron chi connectivity index (χ0n) is 13.4. The summed E-state index contributed by atoms with van der Waals surface area (Å²) >= 11 is 0. The molecule has 1 aliphatic heterocycles. The number of rotatable bonds is 5. The van der Waals surface area contributed by atoms with E-state index < -0.39 is 0 Å². The fraction of sp³-hybridized carbons (Fsp3) is 0.667. The van der Waals surface area contributed by atoms with Gasteiger partial charge in [0.05, 0.1) is 0 Å². The van der Waals surface area contributed by atoms with E-state index in [-0.39, 0.29) is 0 Å². The minimum Gasteiger partial charge on any atom is -0.369 e. The number of hydrogen-bond acceptors (Lipinski definition) is 2. The zero-order valence-corrected chi connectivity index (χ0v) is 13.4. The van der Waals surface area contributed by atoms with Gasteiger partial charge < -0.3 is 10.2 Å². The predicted octanol–water partition coefficient (Wildman–Crippen LogP) is 4.52. The molecule has 1 saturated heterocycles. The van der Waals surface area contributed by atoms with Crippen LogP contribution in [0.4, 0.5) is 5.69 Å². The van der Waals surface area contributed by atoms with Crippen molar-refractivity contribution in [3.8, 4) is 0 Å². The van der Waals surface area contributed by atoms with Crippen LogP contribution in [-0.2, 0) is 0 Å². The van der Waals surface area contributed by atoms with Crippen molar-refractivity contribution < 1.29 is 0 Å². The van der Waals surface area contributed by atoms with E-state index in [0.29, 0.717) is 12.1 Å². The molecule has 0 radical (unpaired) electrons. The highest BCUT2D eigenvalue weighted by atomic mass is 15.2. The second-order valence-electron chi connectivity index (χ2n) is 6.16. The molecule has 2 rings (SSSR count). The normalized spacial score (nSPS) is 21.6. The number of anilines is 1. The maximum atomic E-state index is 3.55. The van der Waals surface area contributed by atoms with Gasteiger partial charge in [0.25, 0.3) is 0 Å². The monoisotopic (exact) mass is 274 g/mol. The number of nitrogens with one attached hydrogen (secondary N) is 1. The number of hydrogen-bond donors (Lipinski definition) is 1. The molecule has 2 atom stereocenters. The smallest absolute Gasteiger partial charge is 0.0368 e. The third-order valence-corrected chi connectivity index (χ3v) is 4.48. The lowest BCUT2D eigenvalue weighted by Crippen LogP contribution is -2.32. The van der Waals surface area contributed by atoms with Crippen LogP contribution in [-0.4, -0.2) is 19.1 Å². The van der Waals surface area contributed by atoms with Gasteiger partial charge in [-0.3, -0.25) is 0 Å². The molecule has 2 nitrogen and oxygen atoms in total. The molecular formula is C18H30N2. The minimum atomic E-state index is 0.450. The summed E-state index contributed by atoms with van der Waals surface area (Å²) in [4.78, 5) is 2.58. The molecule has 1 aliphatic rings. The Morgan fingerprint density at radius 3 is 2.65 bits per heavy atom. The molecule has 1 aromatic rings. The van der Waals surface area contributed by atoms with Crippen molar-refractivity contribution in [3.63, 3.8) is 0 Å². The van der Waals surface area contributed by atoms with Crippen molar-refractivity contribution in [2.24, 2.45) is 0 Å². The summed E-state index contributed by atoms with van der Waals surface area (Å²) < 4.78 is 0. The first kappa shape index (κ1) is 15.4. The molecule has 0 spiro atoms.